The Balaban J connectivity index is 2.85. The van der Waals surface area contributed by atoms with E-state index in [1.165, 1.54) is 0 Å². The van der Waals surface area contributed by atoms with Crippen molar-refractivity contribution in [2.75, 3.05) is 36.1 Å². The smallest absolute Gasteiger partial charge is 0.226 e. The van der Waals surface area contributed by atoms with Crippen molar-refractivity contribution in [1.29, 1.82) is 0 Å². The van der Waals surface area contributed by atoms with Crippen LogP contribution in [0.1, 0.15) is 6.92 Å². The van der Waals surface area contributed by atoms with E-state index in [2.05, 4.69) is 15.3 Å². The Kier molecular flexibility index (Phi) is 4.62. The Morgan fingerprint density at radius 2 is 2.00 bits per heavy atom. The van der Waals surface area contributed by atoms with E-state index in [0.29, 0.717) is 17.7 Å². The molecule has 0 aliphatic heterocycles. The maximum atomic E-state index is 5.86. The van der Waals surface area contributed by atoms with E-state index in [-0.39, 0.29) is 5.54 Å². The first-order valence-electron chi connectivity index (χ1n) is 4.91. The molecule has 0 unspecified atom stereocenters. The second kappa shape index (κ2) is 5.55. The molecule has 0 aromatic carbocycles. The van der Waals surface area contributed by atoms with Gasteiger partial charge in [-0.3, -0.25) is 0 Å². The number of hydrogen-bond donors (Lipinski definition) is 1. The molecule has 0 fully saturated rings. The molecule has 0 saturated heterocycles. The summed E-state index contributed by atoms with van der Waals surface area (Å²) in [5, 5.41) is 3.21. The van der Waals surface area contributed by atoms with Crippen molar-refractivity contribution in [2.45, 2.75) is 12.5 Å². The fraction of sp³-hybridized carbons (Fsp3) is 0.600. The van der Waals surface area contributed by atoms with Crippen molar-refractivity contribution >= 4 is 35.0 Å². The van der Waals surface area contributed by atoms with Gasteiger partial charge in [-0.25, -0.2) is 4.98 Å². The number of halogens is 2. The lowest BCUT2D eigenvalue weighted by Crippen LogP contribution is -2.39. The van der Waals surface area contributed by atoms with Crippen LogP contribution in [0.3, 0.4) is 0 Å². The minimum Gasteiger partial charge on any atom is -0.362 e. The van der Waals surface area contributed by atoms with Crippen LogP contribution in [0.15, 0.2) is 12.3 Å². The van der Waals surface area contributed by atoms with Crippen LogP contribution in [0, 0.1) is 0 Å². The predicted molar refractivity (Wildman–Crippen MR) is 69.8 cm³/mol. The van der Waals surface area contributed by atoms with E-state index in [1.54, 1.807) is 12.3 Å². The third kappa shape index (κ3) is 3.39. The Labute approximate surface area is 106 Å². The fourth-order valence-electron chi connectivity index (χ4n) is 1.05. The van der Waals surface area contributed by atoms with Crippen LogP contribution in [0.25, 0.3) is 0 Å². The largest absolute Gasteiger partial charge is 0.362 e. The molecule has 1 N–H and O–H groups in total. The fourth-order valence-corrected chi connectivity index (χ4v) is 1.46. The summed E-state index contributed by atoms with van der Waals surface area (Å²) in [6, 6.07) is 1.80. The molecule has 0 aliphatic rings. The highest BCUT2D eigenvalue weighted by atomic mass is 35.5. The van der Waals surface area contributed by atoms with E-state index in [9.17, 15) is 0 Å². The zero-order valence-electron chi connectivity index (χ0n) is 9.67. The first-order chi connectivity index (χ1) is 7.50. The van der Waals surface area contributed by atoms with Crippen molar-refractivity contribution in [3.8, 4) is 0 Å². The standard InChI is InChI=1S/C10H16Cl2N4/c1-10(6-11,7-12)15-8-4-5-13-9(14-8)16(2)3/h4-5H,6-7H2,1-3H3,(H,13,14,15). The Morgan fingerprint density at radius 3 is 2.50 bits per heavy atom. The van der Waals surface area contributed by atoms with Gasteiger partial charge in [0.05, 0.1) is 5.54 Å². The van der Waals surface area contributed by atoms with Crippen LogP contribution in [-0.4, -0.2) is 41.4 Å². The third-order valence-corrected chi connectivity index (χ3v) is 3.24. The predicted octanol–water partition coefficient (Wildman–Crippen LogP) is 2.19. The van der Waals surface area contributed by atoms with E-state index in [0.717, 1.165) is 5.82 Å². The highest BCUT2D eigenvalue weighted by Gasteiger charge is 2.22. The van der Waals surface area contributed by atoms with Crippen molar-refractivity contribution in [3.05, 3.63) is 12.3 Å². The number of aromatic nitrogens is 2. The summed E-state index contributed by atoms with van der Waals surface area (Å²) in [5.41, 5.74) is -0.360. The molecule has 1 rings (SSSR count). The topological polar surface area (TPSA) is 41.1 Å². The number of nitrogens with zero attached hydrogens (tertiary/aromatic N) is 3. The van der Waals surface area contributed by atoms with Crippen molar-refractivity contribution in [3.63, 3.8) is 0 Å². The molecule has 0 spiro atoms. The Morgan fingerprint density at radius 1 is 1.38 bits per heavy atom. The molecule has 0 bridgehead atoms. The second-order valence-corrected chi connectivity index (χ2v) is 4.62. The van der Waals surface area contributed by atoms with Crippen LogP contribution < -0.4 is 10.2 Å². The molecule has 90 valence electrons. The van der Waals surface area contributed by atoms with E-state index >= 15 is 0 Å². The summed E-state index contributed by atoms with van der Waals surface area (Å²) in [4.78, 5) is 10.3. The van der Waals surface area contributed by atoms with Gasteiger partial charge in [0, 0.05) is 32.1 Å². The quantitative estimate of drug-likeness (QED) is 0.827. The van der Waals surface area contributed by atoms with Crippen LogP contribution in [0.5, 0.6) is 0 Å². The van der Waals surface area contributed by atoms with Gasteiger partial charge in [-0.15, -0.1) is 23.2 Å². The van der Waals surface area contributed by atoms with Crippen LogP contribution in [0.2, 0.25) is 0 Å². The minimum atomic E-state index is -0.360. The van der Waals surface area contributed by atoms with E-state index in [4.69, 9.17) is 23.2 Å². The molecule has 0 saturated carbocycles. The SMILES string of the molecule is CN(C)c1nccc(NC(C)(CCl)CCl)n1. The summed E-state index contributed by atoms with van der Waals surface area (Å²) >= 11 is 11.7. The number of anilines is 2. The molecule has 0 radical (unpaired) electrons. The van der Waals surface area contributed by atoms with E-state index in [1.807, 2.05) is 25.9 Å². The number of hydrogen-bond acceptors (Lipinski definition) is 4. The van der Waals surface area contributed by atoms with Gasteiger partial charge in [0.1, 0.15) is 5.82 Å². The maximum Gasteiger partial charge on any atom is 0.226 e. The molecule has 1 aromatic heterocycles. The first-order valence-corrected chi connectivity index (χ1v) is 5.98. The van der Waals surface area contributed by atoms with Gasteiger partial charge < -0.3 is 10.2 Å². The molecular formula is C10H16Cl2N4. The minimum absolute atomic E-state index is 0.360. The molecule has 1 aromatic rings. The molecule has 6 heteroatoms. The maximum absolute atomic E-state index is 5.86. The summed E-state index contributed by atoms with van der Waals surface area (Å²) in [6.07, 6.45) is 1.70. The van der Waals surface area contributed by atoms with Crippen molar-refractivity contribution < 1.29 is 0 Å². The molecular weight excluding hydrogens is 247 g/mol. The number of nitrogens with one attached hydrogen (secondary N) is 1. The Bertz CT molecular complexity index is 339. The highest BCUT2D eigenvalue weighted by Crippen LogP contribution is 2.17. The zero-order valence-corrected chi connectivity index (χ0v) is 11.2. The van der Waals surface area contributed by atoms with Crippen molar-refractivity contribution in [1.82, 2.24) is 9.97 Å². The lowest BCUT2D eigenvalue weighted by atomic mass is 10.1. The van der Waals surface area contributed by atoms with Crippen LogP contribution in [-0.2, 0) is 0 Å². The summed E-state index contributed by atoms with van der Waals surface area (Å²) in [5.74, 6) is 2.20. The monoisotopic (exact) mass is 262 g/mol. The average molecular weight is 263 g/mol. The zero-order chi connectivity index (χ0) is 12.2. The second-order valence-electron chi connectivity index (χ2n) is 4.09. The van der Waals surface area contributed by atoms with Gasteiger partial charge >= 0.3 is 0 Å². The molecule has 4 nitrogen and oxygen atoms in total. The van der Waals surface area contributed by atoms with Crippen LogP contribution in [0.4, 0.5) is 11.8 Å². The summed E-state index contributed by atoms with van der Waals surface area (Å²) in [6.45, 7) is 1.95. The van der Waals surface area contributed by atoms with Gasteiger partial charge in [-0.1, -0.05) is 0 Å². The summed E-state index contributed by atoms with van der Waals surface area (Å²) in [7, 11) is 3.78. The third-order valence-electron chi connectivity index (χ3n) is 2.06. The molecule has 16 heavy (non-hydrogen) atoms. The molecule has 1 heterocycles. The normalized spacial score (nSPS) is 11.3. The van der Waals surface area contributed by atoms with Crippen LogP contribution >= 0.6 is 23.2 Å². The average Bonchev–Trinajstić information content (AvgIpc) is 2.29. The summed E-state index contributed by atoms with van der Waals surface area (Å²) < 4.78 is 0. The highest BCUT2D eigenvalue weighted by molar-refractivity contribution is 6.22. The van der Waals surface area contributed by atoms with Gasteiger partial charge in [0.15, 0.2) is 0 Å². The van der Waals surface area contributed by atoms with Gasteiger partial charge in [0.25, 0.3) is 0 Å². The van der Waals surface area contributed by atoms with Gasteiger partial charge in [-0.2, -0.15) is 4.98 Å². The number of alkyl halides is 2. The van der Waals surface area contributed by atoms with Gasteiger partial charge in [0.2, 0.25) is 5.95 Å². The van der Waals surface area contributed by atoms with Gasteiger partial charge in [-0.05, 0) is 13.0 Å². The number of rotatable bonds is 5. The molecule has 0 atom stereocenters. The Hall–Kier alpha value is -0.740. The van der Waals surface area contributed by atoms with E-state index < -0.39 is 0 Å². The van der Waals surface area contributed by atoms with Crippen molar-refractivity contribution in [2.24, 2.45) is 0 Å². The first kappa shape index (κ1) is 13.3. The lowest BCUT2D eigenvalue weighted by Gasteiger charge is -2.26. The molecule has 0 aliphatic carbocycles. The molecule has 0 amide bonds. The lowest BCUT2D eigenvalue weighted by molar-refractivity contribution is 0.644.